The molecule has 0 radical (unpaired) electrons. The second-order valence-corrected chi connectivity index (χ2v) is 11.2. The first kappa shape index (κ1) is 30.4. The third-order valence-electron chi connectivity index (χ3n) is 8.59. The summed E-state index contributed by atoms with van der Waals surface area (Å²) >= 11 is 0. The van der Waals surface area contributed by atoms with Gasteiger partial charge in [0.2, 0.25) is 12.7 Å². The number of fused-ring (bicyclic) bond motifs is 1. The molecule has 0 saturated carbocycles. The number of ether oxygens (including phenoxy) is 3. The quantitative estimate of drug-likeness (QED) is 0.293. The van der Waals surface area contributed by atoms with Crippen molar-refractivity contribution >= 4 is 17.6 Å². The number of anilines is 1. The normalized spacial score (nSPS) is 19.4. The maximum atomic E-state index is 14.0. The van der Waals surface area contributed by atoms with E-state index >= 15 is 0 Å². The summed E-state index contributed by atoms with van der Waals surface area (Å²) in [5.74, 6) is 0.0703. The minimum atomic E-state index is -0.874. The van der Waals surface area contributed by atoms with Crippen LogP contribution in [0.25, 0.3) is 0 Å². The van der Waals surface area contributed by atoms with E-state index in [4.69, 9.17) is 19.9 Å². The number of unbranched alkanes of at least 4 members (excludes halogenated alkanes) is 1. The zero-order valence-electron chi connectivity index (χ0n) is 24.9. The molecule has 0 aromatic heterocycles. The fraction of sp³-hybridized carbons (Fsp3) is 0.412. The maximum Gasteiger partial charge on any atom is 0.308 e. The van der Waals surface area contributed by atoms with Crippen LogP contribution in [0.4, 0.5) is 5.69 Å². The Morgan fingerprint density at radius 3 is 2.65 bits per heavy atom. The van der Waals surface area contributed by atoms with Crippen molar-refractivity contribution in [2.24, 2.45) is 11.7 Å². The molecular formula is C34H41N3O6. The Kier molecular flexibility index (Phi) is 9.84. The summed E-state index contributed by atoms with van der Waals surface area (Å²) in [5, 5.41) is 10.6. The second kappa shape index (κ2) is 13.9. The van der Waals surface area contributed by atoms with Gasteiger partial charge in [0.05, 0.1) is 19.6 Å². The van der Waals surface area contributed by atoms with Crippen LogP contribution < -0.4 is 24.8 Å². The zero-order valence-corrected chi connectivity index (χ0v) is 24.9. The predicted octanol–water partition coefficient (Wildman–Crippen LogP) is 4.82. The number of carboxylic acid groups (broad SMARTS) is 1. The van der Waals surface area contributed by atoms with Gasteiger partial charge in [0, 0.05) is 37.3 Å². The third kappa shape index (κ3) is 6.78. The lowest BCUT2D eigenvalue weighted by Crippen LogP contribution is -2.44. The first-order chi connectivity index (χ1) is 20.9. The molecule has 9 nitrogen and oxygen atoms in total. The van der Waals surface area contributed by atoms with Crippen LogP contribution >= 0.6 is 0 Å². The van der Waals surface area contributed by atoms with Gasteiger partial charge in [-0.1, -0.05) is 49.7 Å². The van der Waals surface area contributed by atoms with E-state index in [-0.39, 0.29) is 31.2 Å². The molecule has 2 aliphatic rings. The van der Waals surface area contributed by atoms with Crippen molar-refractivity contribution in [1.82, 2.24) is 4.90 Å². The van der Waals surface area contributed by atoms with Gasteiger partial charge in [-0.25, -0.2) is 0 Å². The fourth-order valence-corrected chi connectivity index (χ4v) is 6.37. The minimum Gasteiger partial charge on any atom is -0.496 e. The van der Waals surface area contributed by atoms with Crippen LogP contribution in [0.15, 0.2) is 66.7 Å². The molecule has 3 aromatic rings. The molecule has 1 saturated heterocycles. The van der Waals surface area contributed by atoms with Crippen molar-refractivity contribution in [3.05, 3.63) is 83.4 Å². The molecule has 0 spiro atoms. The molecule has 0 bridgehead atoms. The monoisotopic (exact) mass is 587 g/mol. The van der Waals surface area contributed by atoms with Crippen molar-refractivity contribution in [1.29, 1.82) is 0 Å². The van der Waals surface area contributed by atoms with Crippen LogP contribution in [-0.4, -0.2) is 61.5 Å². The molecule has 3 atom stereocenters. The molecule has 228 valence electrons. The minimum absolute atomic E-state index is 0.0552. The highest BCUT2D eigenvalue weighted by atomic mass is 16.7. The number of rotatable bonds is 13. The Balaban J connectivity index is 1.46. The summed E-state index contributed by atoms with van der Waals surface area (Å²) in [4.78, 5) is 30.9. The van der Waals surface area contributed by atoms with Gasteiger partial charge in [-0.05, 0) is 66.3 Å². The number of hydrogen-bond donors (Lipinski definition) is 2. The van der Waals surface area contributed by atoms with Gasteiger partial charge in [0.1, 0.15) is 5.75 Å². The molecule has 2 aliphatic heterocycles. The van der Waals surface area contributed by atoms with Crippen LogP contribution in [0.3, 0.4) is 0 Å². The largest absolute Gasteiger partial charge is 0.496 e. The number of hydrogen-bond acceptors (Lipinski definition) is 7. The lowest BCUT2D eigenvalue weighted by atomic mass is 9.83. The molecule has 2 heterocycles. The number of para-hydroxylation sites is 1. The van der Waals surface area contributed by atoms with E-state index in [1.807, 2.05) is 71.6 Å². The maximum absolute atomic E-state index is 14.0. The SMILES string of the molecule is CCCCN(C(=O)CN1CC(c2ccc3c(c2)OCO3)C(C(=O)O)C1CCc1ccccc1OC)c1cccc(CN)c1. The van der Waals surface area contributed by atoms with Crippen LogP contribution in [-0.2, 0) is 22.6 Å². The van der Waals surface area contributed by atoms with Gasteiger partial charge in [0.25, 0.3) is 0 Å². The molecular weight excluding hydrogens is 546 g/mol. The standard InChI is InChI=1S/C34H41N3O6/c1-3-4-16-37(26-10-7-8-23(17-26)19-35)32(38)21-36-20-27(25-13-15-30-31(18-25)43-22-42-30)33(34(39)40)28(36)14-12-24-9-5-6-11-29(24)41-2/h5-11,13,15,17-18,27-28,33H,3-4,12,14,16,19-22,35H2,1-2H3,(H,39,40). The van der Waals surface area contributed by atoms with E-state index < -0.39 is 11.9 Å². The zero-order chi connectivity index (χ0) is 30.3. The number of nitrogens with zero attached hydrogens (tertiary/aromatic N) is 2. The van der Waals surface area contributed by atoms with E-state index in [0.29, 0.717) is 44.0 Å². The van der Waals surface area contributed by atoms with Crippen molar-refractivity contribution in [2.75, 3.05) is 38.4 Å². The van der Waals surface area contributed by atoms with Crippen LogP contribution in [0.2, 0.25) is 0 Å². The molecule has 9 heteroatoms. The molecule has 1 fully saturated rings. The number of benzene rings is 3. The second-order valence-electron chi connectivity index (χ2n) is 11.2. The van der Waals surface area contributed by atoms with Gasteiger partial charge in [-0.2, -0.15) is 0 Å². The van der Waals surface area contributed by atoms with Crippen molar-refractivity contribution in [3.63, 3.8) is 0 Å². The number of methoxy groups -OCH3 is 1. The summed E-state index contributed by atoms with van der Waals surface area (Å²) in [7, 11) is 1.64. The molecule has 3 aromatic carbocycles. The van der Waals surface area contributed by atoms with E-state index in [9.17, 15) is 14.7 Å². The van der Waals surface area contributed by atoms with E-state index in [2.05, 4.69) is 11.8 Å². The number of carboxylic acids is 1. The van der Waals surface area contributed by atoms with Gasteiger partial charge in [-0.3, -0.25) is 14.5 Å². The Labute approximate surface area is 253 Å². The van der Waals surface area contributed by atoms with Gasteiger partial charge in [-0.15, -0.1) is 0 Å². The van der Waals surface area contributed by atoms with E-state index in [1.54, 1.807) is 7.11 Å². The summed E-state index contributed by atoms with van der Waals surface area (Å²) in [6.07, 6.45) is 2.98. The number of aliphatic carboxylic acids is 1. The van der Waals surface area contributed by atoms with Crippen molar-refractivity contribution in [2.45, 2.75) is 51.1 Å². The number of carbonyl (C=O) groups is 2. The third-order valence-corrected chi connectivity index (χ3v) is 8.59. The predicted molar refractivity (Wildman–Crippen MR) is 165 cm³/mol. The fourth-order valence-electron chi connectivity index (χ4n) is 6.37. The Morgan fingerprint density at radius 1 is 1.07 bits per heavy atom. The highest BCUT2D eigenvalue weighted by molar-refractivity contribution is 5.95. The van der Waals surface area contributed by atoms with E-state index in [0.717, 1.165) is 41.0 Å². The number of carbonyl (C=O) groups excluding carboxylic acids is 1. The van der Waals surface area contributed by atoms with Gasteiger partial charge >= 0.3 is 5.97 Å². The topological polar surface area (TPSA) is 115 Å². The number of aryl methyl sites for hydroxylation is 1. The Bertz CT molecular complexity index is 1430. The number of nitrogens with two attached hydrogens (primary N) is 1. The molecule has 43 heavy (non-hydrogen) atoms. The lowest BCUT2D eigenvalue weighted by Gasteiger charge is -2.30. The first-order valence-corrected chi connectivity index (χ1v) is 15.0. The summed E-state index contributed by atoms with van der Waals surface area (Å²) in [6, 6.07) is 20.8. The Hall–Kier alpha value is -4.08. The number of amides is 1. The van der Waals surface area contributed by atoms with Gasteiger partial charge < -0.3 is 30.0 Å². The summed E-state index contributed by atoms with van der Waals surface area (Å²) in [5.41, 5.74) is 9.55. The van der Waals surface area contributed by atoms with Crippen LogP contribution in [0.1, 0.15) is 48.8 Å². The smallest absolute Gasteiger partial charge is 0.308 e. The first-order valence-electron chi connectivity index (χ1n) is 15.0. The summed E-state index contributed by atoms with van der Waals surface area (Å²) < 4.78 is 16.7. The molecule has 1 amide bonds. The average Bonchev–Trinajstić information content (AvgIpc) is 3.64. The number of likely N-dealkylation sites (tertiary alicyclic amines) is 1. The van der Waals surface area contributed by atoms with Crippen molar-refractivity contribution in [3.8, 4) is 17.2 Å². The van der Waals surface area contributed by atoms with Crippen LogP contribution in [0, 0.1) is 5.92 Å². The molecule has 3 N–H and O–H groups in total. The summed E-state index contributed by atoms with van der Waals surface area (Å²) in [6.45, 7) is 3.75. The molecule has 3 unspecified atom stereocenters. The van der Waals surface area contributed by atoms with E-state index in [1.165, 1.54) is 0 Å². The molecule has 0 aliphatic carbocycles. The highest BCUT2D eigenvalue weighted by Crippen LogP contribution is 2.43. The van der Waals surface area contributed by atoms with Crippen LogP contribution in [0.5, 0.6) is 17.2 Å². The highest BCUT2D eigenvalue weighted by Gasteiger charge is 2.47. The molecule has 5 rings (SSSR count). The average molecular weight is 588 g/mol. The Morgan fingerprint density at radius 2 is 1.88 bits per heavy atom. The van der Waals surface area contributed by atoms with Gasteiger partial charge in [0.15, 0.2) is 11.5 Å². The van der Waals surface area contributed by atoms with Crippen molar-refractivity contribution < 1.29 is 28.9 Å². The lowest BCUT2D eigenvalue weighted by molar-refractivity contribution is -0.143.